The number of benzene rings is 1. The second-order valence-electron chi connectivity index (χ2n) is 4.94. The second kappa shape index (κ2) is 5.83. The molecule has 0 bridgehead atoms. The predicted octanol–water partition coefficient (Wildman–Crippen LogP) is 1.27. The van der Waals surface area contributed by atoms with Gasteiger partial charge in [-0.15, -0.1) is 0 Å². The third kappa shape index (κ3) is 3.05. The quantitative estimate of drug-likeness (QED) is 0.820. The number of sulfone groups is 1. The first kappa shape index (κ1) is 15.5. The summed E-state index contributed by atoms with van der Waals surface area (Å²) in [4.78, 5) is 0.264. The molecule has 5 nitrogen and oxygen atoms in total. The molecule has 1 aromatic rings. The predicted molar refractivity (Wildman–Crippen MR) is 77.7 cm³/mol. The molecule has 1 aliphatic rings. The molecule has 0 radical (unpaired) electrons. The van der Waals surface area contributed by atoms with E-state index >= 15 is 0 Å². The molecule has 1 aromatic carbocycles. The third-order valence-electron chi connectivity index (χ3n) is 3.47. The second-order valence-corrected chi connectivity index (χ2v) is 9.26. The summed E-state index contributed by atoms with van der Waals surface area (Å²) < 4.78 is 50.1. The van der Waals surface area contributed by atoms with Crippen LogP contribution >= 0.6 is 0 Å². The molecule has 0 N–H and O–H groups in total. The van der Waals surface area contributed by atoms with Crippen LogP contribution in [0.3, 0.4) is 0 Å². The maximum atomic E-state index is 12.4. The summed E-state index contributed by atoms with van der Waals surface area (Å²) in [5.74, 6) is 0.0745. The standard InChI is InChI=1S/C13H19NO4S2/c1-2-10-19(15,16)14-9-8-13(11-14)20(17,18)12-6-4-3-5-7-12/h3-7,13H,2,8-11H2,1H3. The molecule has 112 valence electrons. The minimum Gasteiger partial charge on any atom is -0.223 e. The fourth-order valence-electron chi connectivity index (χ4n) is 2.39. The van der Waals surface area contributed by atoms with Gasteiger partial charge in [-0.3, -0.25) is 0 Å². The number of rotatable bonds is 5. The average molecular weight is 317 g/mol. The molecule has 0 aliphatic carbocycles. The third-order valence-corrected chi connectivity index (χ3v) is 7.71. The Labute approximate surface area is 120 Å². The van der Waals surface area contributed by atoms with Crippen molar-refractivity contribution < 1.29 is 16.8 Å². The Morgan fingerprint density at radius 1 is 1.15 bits per heavy atom. The van der Waals surface area contributed by atoms with E-state index in [9.17, 15) is 16.8 Å². The van der Waals surface area contributed by atoms with Crippen LogP contribution in [-0.4, -0.2) is 45.2 Å². The molecule has 0 saturated carbocycles. The van der Waals surface area contributed by atoms with Gasteiger partial charge in [-0.25, -0.2) is 21.1 Å². The molecule has 7 heteroatoms. The zero-order valence-electron chi connectivity index (χ0n) is 11.4. The fourth-order valence-corrected chi connectivity index (χ4v) is 5.77. The zero-order chi connectivity index (χ0) is 14.8. The molecule has 1 heterocycles. The van der Waals surface area contributed by atoms with Gasteiger partial charge in [0.15, 0.2) is 9.84 Å². The Hall–Kier alpha value is -0.920. The van der Waals surface area contributed by atoms with E-state index in [1.807, 2.05) is 0 Å². The lowest BCUT2D eigenvalue weighted by Gasteiger charge is -2.16. The first-order valence-corrected chi connectivity index (χ1v) is 9.80. The van der Waals surface area contributed by atoms with Crippen molar-refractivity contribution >= 4 is 19.9 Å². The van der Waals surface area contributed by atoms with Crippen molar-refractivity contribution in [3.05, 3.63) is 30.3 Å². The van der Waals surface area contributed by atoms with Gasteiger partial charge < -0.3 is 0 Å². The smallest absolute Gasteiger partial charge is 0.214 e. The molecule has 1 unspecified atom stereocenters. The van der Waals surface area contributed by atoms with E-state index in [1.54, 1.807) is 37.3 Å². The SMILES string of the molecule is CCCS(=O)(=O)N1CCC(S(=O)(=O)c2ccccc2)C1. The van der Waals surface area contributed by atoms with Crippen LogP contribution in [0.2, 0.25) is 0 Å². The van der Waals surface area contributed by atoms with Gasteiger partial charge in [-0.05, 0) is 25.0 Å². The largest absolute Gasteiger partial charge is 0.223 e. The lowest BCUT2D eigenvalue weighted by atomic mass is 10.4. The van der Waals surface area contributed by atoms with E-state index in [4.69, 9.17) is 0 Å². The average Bonchev–Trinajstić information content (AvgIpc) is 2.91. The van der Waals surface area contributed by atoms with Crippen molar-refractivity contribution in [2.45, 2.75) is 29.9 Å². The highest BCUT2D eigenvalue weighted by Gasteiger charge is 2.38. The summed E-state index contributed by atoms with van der Waals surface area (Å²) in [6, 6.07) is 8.21. The van der Waals surface area contributed by atoms with Crippen molar-refractivity contribution in [1.82, 2.24) is 4.31 Å². The van der Waals surface area contributed by atoms with Crippen molar-refractivity contribution in [2.75, 3.05) is 18.8 Å². The van der Waals surface area contributed by atoms with Crippen molar-refractivity contribution in [3.63, 3.8) is 0 Å². The van der Waals surface area contributed by atoms with E-state index in [0.717, 1.165) is 0 Å². The Kier molecular flexibility index (Phi) is 4.51. The van der Waals surface area contributed by atoms with E-state index in [2.05, 4.69) is 0 Å². The number of sulfonamides is 1. The Balaban J connectivity index is 2.18. The maximum absolute atomic E-state index is 12.4. The van der Waals surface area contributed by atoms with Crippen molar-refractivity contribution in [1.29, 1.82) is 0 Å². The van der Waals surface area contributed by atoms with Gasteiger partial charge in [0.1, 0.15) is 0 Å². The first-order valence-electron chi connectivity index (χ1n) is 6.64. The maximum Gasteiger partial charge on any atom is 0.214 e. The first-order chi connectivity index (χ1) is 9.38. The summed E-state index contributed by atoms with van der Waals surface area (Å²) in [5.41, 5.74) is 0. The number of hydrogen-bond acceptors (Lipinski definition) is 4. The van der Waals surface area contributed by atoms with Crippen molar-refractivity contribution in [2.24, 2.45) is 0 Å². The van der Waals surface area contributed by atoms with Gasteiger partial charge in [-0.1, -0.05) is 25.1 Å². The summed E-state index contributed by atoms with van der Waals surface area (Å²) >= 11 is 0. The van der Waals surface area contributed by atoms with Crippen LogP contribution in [0.25, 0.3) is 0 Å². The lowest BCUT2D eigenvalue weighted by Crippen LogP contribution is -2.33. The van der Waals surface area contributed by atoms with Crippen LogP contribution in [0.15, 0.2) is 35.2 Å². The van der Waals surface area contributed by atoms with E-state index in [0.29, 0.717) is 19.4 Å². The molecule has 1 fully saturated rings. The van der Waals surface area contributed by atoms with Crippen LogP contribution in [0.4, 0.5) is 0 Å². The topological polar surface area (TPSA) is 71.5 Å². The summed E-state index contributed by atoms with van der Waals surface area (Å²) in [7, 11) is -6.77. The Bertz CT molecular complexity index is 653. The highest BCUT2D eigenvalue weighted by Crippen LogP contribution is 2.25. The van der Waals surface area contributed by atoms with Crippen molar-refractivity contribution in [3.8, 4) is 0 Å². The number of nitrogens with zero attached hydrogens (tertiary/aromatic N) is 1. The van der Waals surface area contributed by atoms with Gasteiger partial charge in [-0.2, -0.15) is 0 Å². The molecule has 20 heavy (non-hydrogen) atoms. The van der Waals surface area contributed by atoms with Crippen LogP contribution in [0.5, 0.6) is 0 Å². The summed E-state index contributed by atoms with van der Waals surface area (Å²) in [5, 5.41) is -0.642. The lowest BCUT2D eigenvalue weighted by molar-refractivity contribution is 0.476. The van der Waals surface area contributed by atoms with Gasteiger partial charge in [0.25, 0.3) is 0 Å². The van der Waals surface area contributed by atoms with Crippen LogP contribution < -0.4 is 0 Å². The number of hydrogen-bond donors (Lipinski definition) is 0. The highest BCUT2D eigenvalue weighted by atomic mass is 32.2. The molecule has 1 atom stereocenters. The summed E-state index contributed by atoms with van der Waals surface area (Å²) in [6.07, 6.45) is 0.898. The molecule has 0 spiro atoms. The minimum absolute atomic E-state index is 0.0690. The molecule has 0 aromatic heterocycles. The fraction of sp³-hybridized carbons (Fsp3) is 0.538. The van der Waals surface area contributed by atoms with Gasteiger partial charge in [0, 0.05) is 13.1 Å². The summed E-state index contributed by atoms with van der Waals surface area (Å²) in [6.45, 7) is 2.16. The van der Waals surface area contributed by atoms with E-state index in [-0.39, 0.29) is 17.2 Å². The van der Waals surface area contributed by atoms with E-state index < -0.39 is 25.1 Å². The Morgan fingerprint density at radius 3 is 2.40 bits per heavy atom. The highest BCUT2D eigenvalue weighted by molar-refractivity contribution is 7.92. The van der Waals surface area contributed by atoms with Crippen LogP contribution in [-0.2, 0) is 19.9 Å². The molecular formula is C13H19NO4S2. The Morgan fingerprint density at radius 2 is 1.80 bits per heavy atom. The normalized spacial score (nSPS) is 21.1. The minimum atomic E-state index is -3.45. The van der Waals surface area contributed by atoms with E-state index in [1.165, 1.54) is 4.31 Å². The van der Waals surface area contributed by atoms with Gasteiger partial charge >= 0.3 is 0 Å². The molecule has 2 rings (SSSR count). The van der Waals surface area contributed by atoms with Crippen LogP contribution in [0, 0.1) is 0 Å². The zero-order valence-corrected chi connectivity index (χ0v) is 13.0. The monoisotopic (exact) mass is 317 g/mol. The van der Waals surface area contributed by atoms with Crippen LogP contribution in [0.1, 0.15) is 19.8 Å². The molecule has 1 saturated heterocycles. The molecule has 0 amide bonds. The molecular weight excluding hydrogens is 298 g/mol. The molecule has 1 aliphatic heterocycles. The van der Waals surface area contributed by atoms with Gasteiger partial charge in [0.05, 0.1) is 15.9 Å². The van der Waals surface area contributed by atoms with Gasteiger partial charge in [0.2, 0.25) is 10.0 Å².